The topological polar surface area (TPSA) is 152 Å². The molecular weight excluding hydrogens is 499 g/mol. The zero-order valence-corrected chi connectivity index (χ0v) is 21.0. The fraction of sp³-hybridized carbons (Fsp3) is 0.375. The summed E-state index contributed by atoms with van der Waals surface area (Å²) in [4.78, 5) is 22.7. The van der Waals surface area contributed by atoms with Gasteiger partial charge in [0.05, 0.1) is 11.9 Å². The van der Waals surface area contributed by atoms with E-state index < -0.39 is 9.84 Å². The number of nitrogen functional groups attached to an aromatic ring is 1. The molecule has 2 saturated heterocycles. The Morgan fingerprint density at radius 1 is 1.14 bits per heavy atom. The number of halogens is 1. The van der Waals surface area contributed by atoms with Crippen molar-refractivity contribution in [1.29, 1.82) is 0 Å². The quantitative estimate of drug-likeness (QED) is 0.413. The highest BCUT2D eigenvalue weighted by molar-refractivity contribution is 7.91. The molecule has 13 heteroatoms. The number of rotatable bonds is 4. The largest absolute Gasteiger partial charge is 0.382 e. The summed E-state index contributed by atoms with van der Waals surface area (Å²) in [5.41, 5.74) is 8.49. The molecule has 2 aliphatic heterocycles. The number of nitrogens with one attached hydrogen (secondary N) is 1. The van der Waals surface area contributed by atoms with Crippen molar-refractivity contribution in [1.82, 2.24) is 34.7 Å². The lowest BCUT2D eigenvalue weighted by Gasteiger charge is -2.38. The van der Waals surface area contributed by atoms with Gasteiger partial charge in [-0.25, -0.2) is 17.8 Å². The normalized spacial score (nSPS) is 21.6. The van der Waals surface area contributed by atoms with E-state index in [1.165, 1.54) is 16.6 Å². The number of benzene rings is 1. The number of nitrogens with two attached hydrogens (primary N) is 1. The molecule has 1 aromatic carbocycles. The molecule has 192 valence electrons. The molecule has 3 aromatic heterocycles. The molecule has 2 aliphatic rings. The average Bonchev–Trinajstić information content (AvgIpc) is 3.54. The molecule has 37 heavy (non-hydrogen) atoms. The fourth-order valence-corrected chi connectivity index (χ4v) is 6.86. The molecule has 3 atom stereocenters. The molecule has 1 amide bonds. The van der Waals surface area contributed by atoms with Crippen LogP contribution in [-0.4, -0.2) is 67.3 Å². The van der Waals surface area contributed by atoms with Crippen LogP contribution in [-0.2, 0) is 9.84 Å². The lowest BCUT2D eigenvalue weighted by Crippen LogP contribution is -2.46. The highest BCUT2D eigenvalue weighted by atomic mass is 32.2. The number of sulfone groups is 1. The Labute approximate surface area is 211 Å². The monoisotopic (exact) mass is 524 g/mol. The Balaban J connectivity index is 1.43. The van der Waals surface area contributed by atoms with Crippen LogP contribution in [0.15, 0.2) is 35.4 Å². The van der Waals surface area contributed by atoms with Gasteiger partial charge in [0.1, 0.15) is 22.4 Å². The van der Waals surface area contributed by atoms with Crippen molar-refractivity contribution < 1.29 is 17.6 Å². The minimum atomic E-state index is -3.75. The maximum Gasteiger partial charge on any atom is 0.292 e. The van der Waals surface area contributed by atoms with Crippen LogP contribution in [0.4, 0.5) is 10.2 Å². The van der Waals surface area contributed by atoms with Crippen molar-refractivity contribution in [3.63, 3.8) is 0 Å². The summed E-state index contributed by atoms with van der Waals surface area (Å²) in [5.74, 6) is -0.0483. The van der Waals surface area contributed by atoms with Crippen LogP contribution in [0.3, 0.4) is 0 Å². The Hall–Kier alpha value is -3.87. The summed E-state index contributed by atoms with van der Waals surface area (Å²) in [6.07, 6.45) is 5.35. The van der Waals surface area contributed by atoms with E-state index in [4.69, 9.17) is 10.7 Å². The average molecular weight is 525 g/mol. The maximum absolute atomic E-state index is 13.5. The molecule has 0 unspecified atom stereocenters. The van der Waals surface area contributed by atoms with Crippen LogP contribution in [0, 0.1) is 12.7 Å². The molecule has 5 heterocycles. The van der Waals surface area contributed by atoms with Crippen LogP contribution in [0.25, 0.3) is 16.8 Å². The molecular formula is C24H25FN8O3S. The number of aromatic amines is 1. The van der Waals surface area contributed by atoms with Crippen LogP contribution in [0.2, 0.25) is 0 Å². The third kappa shape index (κ3) is 3.84. The van der Waals surface area contributed by atoms with Gasteiger partial charge in [-0.05, 0) is 50.3 Å². The Bertz CT molecular complexity index is 1630. The van der Waals surface area contributed by atoms with E-state index in [9.17, 15) is 17.6 Å². The zero-order chi connectivity index (χ0) is 26.1. The fourth-order valence-electron chi connectivity index (χ4n) is 5.80. The zero-order valence-electron chi connectivity index (χ0n) is 20.2. The standard InChI is InChI=1S/C24H25FN8O3S/c1-12-28-22(31-30-12)24(34)32-16-7-8-17(32)10-14(9-16)19-20(37(2,35)36)21(26)33-23(29-19)18(11-27-33)13-3-5-15(25)6-4-13/h3-6,11,14,16-17H,7-10,26H2,1-2H3,(H,28,30,31)/t14-,16-,17+. The van der Waals surface area contributed by atoms with E-state index in [2.05, 4.69) is 20.3 Å². The number of aryl methyl sites for hydroxylation is 1. The Kier molecular flexibility index (Phi) is 5.30. The molecule has 0 radical (unpaired) electrons. The van der Waals surface area contributed by atoms with Gasteiger partial charge >= 0.3 is 0 Å². The van der Waals surface area contributed by atoms with Crippen molar-refractivity contribution in [2.45, 2.75) is 55.5 Å². The summed E-state index contributed by atoms with van der Waals surface area (Å²) in [7, 11) is -3.75. The minimum Gasteiger partial charge on any atom is -0.382 e. The molecule has 3 N–H and O–H groups in total. The summed E-state index contributed by atoms with van der Waals surface area (Å²) in [6, 6.07) is 5.74. The molecule has 6 rings (SSSR count). The number of piperidine rings is 1. The van der Waals surface area contributed by atoms with Gasteiger partial charge in [0, 0.05) is 29.8 Å². The summed E-state index contributed by atoms with van der Waals surface area (Å²) < 4.78 is 40.7. The number of fused-ring (bicyclic) bond motifs is 3. The van der Waals surface area contributed by atoms with Crippen LogP contribution in [0.1, 0.15) is 53.7 Å². The molecule has 0 aliphatic carbocycles. The van der Waals surface area contributed by atoms with E-state index in [-0.39, 0.29) is 46.3 Å². The lowest BCUT2D eigenvalue weighted by molar-refractivity contribution is 0.0556. The van der Waals surface area contributed by atoms with Crippen molar-refractivity contribution in [3.05, 3.63) is 53.6 Å². The first-order chi connectivity index (χ1) is 17.6. The number of hydrogen-bond acceptors (Lipinski definition) is 8. The molecule has 2 fully saturated rings. The van der Waals surface area contributed by atoms with Gasteiger partial charge in [0.2, 0.25) is 5.82 Å². The van der Waals surface area contributed by atoms with Crippen LogP contribution < -0.4 is 5.73 Å². The number of carbonyl (C=O) groups is 1. The van der Waals surface area contributed by atoms with Gasteiger partial charge in [-0.3, -0.25) is 4.79 Å². The number of aromatic nitrogens is 6. The highest BCUT2D eigenvalue weighted by Gasteiger charge is 2.46. The van der Waals surface area contributed by atoms with Gasteiger partial charge < -0.3 is 15.6 Å². The number of H-pyrrole nitrogens is 1. The molecule has 11 nitrogen and oxygen atoms in total. The predicted octanol–water partition coefficient (Wildman–Crippen LogP) is 2.50. The second-order valence-corrected chi connectivity index (χ2v) is 11.8. The molecule has 0 spiro atoms. The SMILES string of the molecule is Cc1nnc(C(=O)N2[C@@H]3CC[C@H]2C[C@H](c2nc4c(-c5ccc(F)cc5)cnn4c(N)c2S(C)(=O)=O)C3)[nH]1. The van der Waals surface area contributed by atoms with Gasteiger partial charge in [-0.1, -0.05) is 12.1 Å². The minimum absolute atomic E-state index is 0.0150. The molecule has 0 saturated carbocycles. The van der Waals surface area contributed by atoms with Crippen LogP contribution in [0.5, 0.6) is 0 Å². The number of hydrogen-bond donors (Lipinski definition) is 2. The number of carbonyl (C=O) groups excluding carboxylic acids is 1. The van der Waals surface area contributed by atoms with E-state index in [0.29, 0.717) is 41.1 Å². The predicted molar refractivity (Wildman–Crippen MR) is 132 cm³/mol. The third-order valence-corrected chi connectivity index (χ3v) is 8.51. The number of nitrogens with zero attached hydrogens (tertiary/aromatic N) is 6. The summed E-state index contributed by atoms with van der Waals surface area (Å²) >= 11 is 0. The first-order valence-electron chi connectivity index (χ1n) is 12.0. The summed E-state index contributed by atoms with van der Waals surface area (Å²) in [6.45, 7) is 1.74. The van der Waals surface area contributed by atoms with E-state index in [1.54, 1.807) is 25.3 Å². The van der Waals surface area contributed by atoms with Crippen molar-refractivity contribution in [2.24, 2.45) is 0 Å². The highest BCUT2D eigenvalue weighted by Crippen LogP contribution is 2.45. The van der Waals surface area contributed by atoms with E-state index in [0.717, 1.165) is 19.1 Å². The first-order valence-corrected chi connectivity index (χ1v) is 13.9. The van der Waals surface area contributed by atoms with E-state index >= 15 is 0 Å². The van der Waals surface area contributed by atoms with Crippen LogP contribution >= 0.6 is 0 Å². The Morgan fingerprint density at radius 2 is 1.81 bits per heavy atom. The van der Waals surface area contributed by atoms with Gasteiger partial charge in [0.25, 0.3) is 5.91 Å². The maximum atomic E-state index is 13.5. The molecule has 2 bridgehead atoms. The smallest absolute Gasteiger partial charge is 0.292 e. The van der Waals surface area contributed by atoms with Crippen molar-refractivity contribution >= 4 is 27.2 Å². The number of anilines is 1. The van der Waals surface area contributed by atoms with Gasteiger partial charge in [-0.15, -0.1) is 10.2 Å². The van der Waals surface area contributed by atoms with Crippen molar-refractivity contribution in [3.8, 4) is 11.1 Å². The second kappa shape index (κ2) is 8.33. The Morgan fingerprint density at radius 3 is 2.41 bits per heavy atom. The third-order valence-electron chi connectivity index (χ3n) is 7.35. The van der Waals surface area contributed by atoms with E-state index in [1.807, 2.05) is 4.90 Å². The second-order valence-electron chi connectivity index (χ2n) is 9.81. The first kappa shape index (κ1) is 23.5. The van der Waals surface area contributed by atoms with Gasteiger partial charge in [0.15, 0.2) is 15.5 Å². The molecule has 4 aromatic rings. The summed E-state index contributed by atoms with van der Waals surface area (Å²) in [5, 5.41) is 12.2. The lowest BCUT2D eigenvalue weighted by atomic mass is 9.87. The number of amides is 1. The van der Waals surface area contributed by atoms with Crippen molar-refractivity contribution in [2.75, 3.05) is 12.0 Å². The van der Waals surface area contributed by atoms with Gasteiger partial charge in [-0.2, -0.15) is 9.61 Å².